The molecular weight excluding hydrogens is 338 g/mol. The molecule has 0 atom stereocenters. The Morgan fingerprint density at radius 1 is 1.08 bits per heavy atom. The molecule has 1 rings (SSSR count). The monoisotopic (exact) mass is 367 g/mol. The minimum absolute atomic E-state index is 0.101. The van der Waals surface area contributed by atoms with Crippen molar-refractivity contribution in [1.29, 1.82) is 0 Å². The van der Waals surface area contributed by atoms with Crippen molar-refractivity contribution in [2.45, 2.75) is 46.0 Å². The lowest BCUT2D eigenvalue weighted by Gasteiger charge is -2.21. The number of rotatable bonds is 10. The molecule has 0 aromatic heterocycles. The summed E-state index contributed by atoms with van der Waals surface area (Å²) in [5.41, 5.74) is 1.47. The number of amides is 2. The van der Waals surface area contributed by atoms with E-state index in [1.807, 2.05) is 36.0 Å². The highest BCUT2D eigenvalue weighted by molar-refractivity contribution is 6.34. The van der Waals surface area contributed by atoms with Gasteiger partial charge in [0.25, 0.3) is 0 Å². The molecule has 2 amide bonds. The van der Waals surface area contributed by atoms with Crippen LogP contribution >= 0.6 is 11.6 Å². The Morgan fingerprint density at radius 2 is 1.72 bits per heavy atom. The first-order valence-electron chi connectivity index (χ1n) is 8.94. The van der Waals surface area contributed by atoms with Crippen molar-refractivity contribution >= 4 is 34.8 Å². The Bertz CT molecular complexity index is 570. The lowest BCUT2D eigenvalue weighted by Crippen LogP contribution is -2.32. The van der Waals surface area contributed by atoms with Crippen molar-refractivity contribution in [1.82, 2.24) is 4.90 Å². The van der Waals surface area contributed by atoms with Crippen LogP contribution in [0.1, 0.15) is 46.0 Å². The maximum Gasteiger partial charge on any atom is 0.224 e. The van der Waals surface area contributed by atoms with Gasteiger partial charge in [-0.05, 0) is 31.4 Å². The highest BCUT2D eigenvalue weighted by Gasteiger charge is 2.14. The molecule has 1 N–H and O–H groups in total. The first-order chi connectivity index (χ1) is 11.9. The van der Waals surface area contributed by atoms with E-state index >= 15 is 0 Å². The van der Waals surface area contributed by atoms with Gasteiger partial charge in [0.05, 0.1) is 16.4 Å². The van der Waals surface area contributed by atoms with Crippen molar-refractivity contribution in [3.8, 4) is 0 Å². The summed E-state index contributed by atoms with van der Waals surface area (Å²) >= 11 is 6.20. The molecule has 6 heteroatoms. The van der Waals surface area contributed by atoms with Crippen LogP contribution < -0.4 is 10.2 Å². The molecule has 5 nitrogen and oxygen atoms in total. The normalized spacial score (nSPS) is 10.4. The van der Waals surface area contributed by atoms with Crippen LogP contribution in [-0.2, 0) is 9.59 Å². The van der Waals surface area contributed by atoms with Gasteiger partial charge in [0.1, 0.15) is 0 Å². The van der Waals surface area contributed by atoms with Crippen LogP contribution in [-0.4, -0.2) is 43.9 Å². The Balaban J connectivity index is 2.53. The Kier molecular flexibility index (Phi) is 9.35. The van der Waals surface area contributed by atoms with Crippen LogP contribution in [0.3, 0.4) is 0 Å². The van der Waals surface area contributed by atoms with E-state index in [-0.39, 0.29) is 11.8 Å². The Labute approximate surface area is 156 Å². The fourth-order valence-corrected chi connectivity index (χ4v) is 3.09. The minimum Gasteiger partial charge on any atom is -0.375 e. The second kappa shape index (κ2) is 11.0. The minimum atomic E-state index is -0.101. The summed E-state index contributed by atoms with van der Waals surface area (Å²) in [6, 6.07) is 5.43. The highest BCUT2D eigenvalue weighted by atomic mass is 35.5. The van der Waals surface area contributed by atoms with Gasteiger partial charge in [-0.2, -0.15) is 0 Å². The molecule has 0 saturated heterocycles. The van der Waals surface area contributed by atoms with E-state index in [2.05, 4.69) is 19.2 Å². The summed E-state index contributed by atoms with van der Waals surface area (Å²) in [5, 5.41) is 3.49. The maximum atomic E-state index is 12.2. The zero-order chi connectivity index (χ0) is 18.8. The van der Waals surface area contributed by atoms with E-state index in [1.54, 1.807) is 6.07 Å². The van der Waals surface area contributed by atoms with Gasteiger partial charge in [0.2, 0.25) is 11.8 Å². The Morgan fingerprint density at radius 3 is 2.28 bits per heavy atom. The summed E-state index contributed by atoms with van der Waals surface area (Å²) in [5.74, 6) is 0.0314. The highest BCUT2D eigenvalue weighted by Crippen LogP contribution is 2.32. The van der Waals surface area contributed by atoms with Crippen molar-refractivity contribution in [3.05, 3.63) is 23.2 Å². The summed E-state index contributed by atoms with van der Waals surface area (Å²) in [6.45, 7) is 5.70. The molecule has 0 heterocycles. The molecule has 0 spiro atoms. The van der Waals surface area contributed by atoms with E-state index in [0.717, 1.165) is 31.6 Å². The lowest BCUT2D eigenvalue weighted by molar-refractivity contribution is -0.131. The number of carbonyl (C=O) groups is 2. The van der Waals surface area contributed by atoms with Gasteiger partial charge in [-0.15, -0.1) is 0 Å². The average Bonchev–Trinajstić information content (AvgIpc) is 2.54. The third-order valence-electron chi connectivity index (χ3n) is 3.84. The smallest absolute Gasteiger partial charge is 0.224 e. The van der Waals surface area contributed by atoms with Gasteiger partial charge >= 0.3 is 0 Å². The molecule has 140 valence electrons. The Hall–Kier alpha value is -1.75. The fourth-order valence-electron chi connectivity index (χ4n) is 2.74. The molecular formula is C19H30ClN3O2. The van der Waals surface area contributed by atoms with Crippen LogP contribution in [0.2, 0.25) is 5.02 Å². The zero-order valence-corrected chi connectivity index (χ0v) is 16.5. The topological polar surface area (TPSA) is 52.7 Å². The van der Waals surface area contributed by atoms with Gasteiger partial charge < -0.3 is 15.1 Å². The van der Waals surface area contributed by atoms with Crippen LogP contribution in [0.25, 0.3) is 0 Å². The van der Waals surface area contributed by atoms with E-state index in [1.165, 1.54) is 0 Å². The van der Waals surface area contributed by atoms with Gasteiger partial charge in [-0.25, -0.2) is 0 Å². The third-order valence-corrected chi connectivity index (χ3v) is 4.15. The van der Waals surface area contributed by atoms with Crippen molar-refractivity contribution in [3.63, 3.8) is 0 Å². The first kappa shape index (κ1) is 21.3. The predicted molar refractivity (Wildman–Crippen MR) is 105 cm³/mol. The quantitative estimate of drug-likeness (QED) is 0.675. The second-order valence-electron chi connectivity index (χ2n) is 6.31. The van der Waals surface area contributed by atoms with E-state index in [0.29, 0.717) is 30.0 Å². The van der Waals surface area contributed by atoms with Crippen LogP contribution in [0, 0.1) is 0 Å². The molecule has 1 aromatic rings. The van der Waals surface area contributed by atoms with Crippen molar-refractivity contribution < 1.29 is 9.59 Å². The van der Waals surface area contributed by atoms with Gasteiger partial charge in [0, 0.05) is 40.0 Å². The number of nitrogens with one attached hydrogen (secondary N) is 1. The maximum absolute atomic E-state index is 12.2. The third kappa shape index (κ3) is 6.94. The molecule has 1 aromatic carbocycles. The number of benzene rings is 1. The van der Waals surface area contributed by atoms with Crippen molar-refractivity contribution in [2.75, 3.05) is 37.4 Å². The molecule has 0 aliphatic heterocycles. The number of nitrogens with zero attached hydrogens (tertiary/aromatic N) is 2. The molecule has 0 bridgehead atoms. The zero-order valence-electron chi connectivity index (χ0n) is 15.8. The standard InChI is InChI=1S/C19H30ClN3O2/c1-5-13-23(14-6-2)18(25)12-8-11-17(24)21-16-10-7-9-15(20)19(16)22(3)4/h7,9-10H,5-6,8,11-14H2,1-4H3,(H,21,24). The lowest BCUT2D eigenvalue weighted by atomic mass is 10.2. The summed E-state index contributed by atoms with van der Waals surface area (Å²) in [6.07, 6.45) is 3.18. The SMILES string of the molecule is CCCN(CCC)C(=O)CCCC(=O)Nc1cccc(Cl)c1N(C)C. The molecule has 0 saturated carbocycles. The van der Waals surface area contributed by atoms with Crippen LogP contribution in [0.15, 0.2) is 18.2 Å². The van der Waals surface area contributed by atoms with Crippen molar-refractivity contribution in [2.24, 2.45) is 0 Å². The summed E-state index contributed by atoms with van der Waals surface area (Å²) in [4.78, 5) is 28.2. The number of hydrogen-bond acceptors (Lipinski definition) is 3. The summed E-state index contributed by atoms with van der Waals surface area (Å²) in [7, 11) is 3.76. The predicted octanol–water partition coefficient (Wildman–Crippen LogP) is 4.16. The van der Waals surface area contributed by atoms with E-state index < -0.39 is 0 Å². The summed E-state index contributed by atoms with van der Waals surface area (Å²) < 4.78 is 0. The van der Waals surface area contributed by atoms with Gasteiger partial charge in [-0.1, -0.05) is 31.5 Å². The first-order valence-corrected chi connectivity index (χ1v) is 9.31. The molecule has 0 unspecified atom stereocenters. The van der Waals surface area contributed by atoms with E-state index in [4.69, 9.17) is 11.6 Å². The fraction of sp³-hybridized carbons (Fsp3) is 0.579. The van der Waals surface area contributed by atoms with E-state index in [9.17, 15) is 9.59 Å². The number of para-hydroxylation sites is 1. The number of hydrogen-bond donors (Lipinski definition) is 1. The number of carbonyl (C=O) groups excluding carboxylic acids is 2. The molecule has 0 fully saturated rings. The average molecular weight is 368 g/mol. The van der Waals surface area contributed by atoms with Gasteiger partial charge in [-0.3, -0.25) is 9.59 Å². The second-order valence-corrected chi connectivity index (χ2v) is 6.72. The van der Waals surface area contributed by atoms with Crippen LogP contribution in [0.5, 0.6) is 0 Å². The number of anilines is 2. The van der Waals surface area contributed by atoms with Crippen LogP contribution in [0.4, 0.5) is 11.4 Å². The van der Waals surface area contributed by atoms with Gasteiger partial charge in [0.15, 0.2) is 0 Å². The molecule has 0 aliphatic rings. The number of halogens is 1. The molecule has 0 aliphatic carbocycles. The molecule has 25 heavy (non-hydrogen) atoms. The molecule has 0 radical (unpaired) electrons. The largest absolute Gasteiger partial charge is 0.375 e.